The highest BCUT2D eigenvalue weighted by Crippen LogP contribution is 2.50. The van der Waals surface area contributed by atoms with Crippen molar-refractivity contribution in [3.05, 3.63) is 81.9 Å². The van der Waals surface area contributed by atoms with E-state index in [1.807, 2.05) is 11.9 Å². The number of halogens is 2. The lowest BCUT2D eigenvalue weighted by Gasteiger charge is -2.34. The van der Waals surface area contributed by atoms with Crippen LogP contribution in [-0.2, 0) is 22.6 Å². The zero-order valence-corrected chi connectivity index (χ0v) is 21.6. The SMILES string of the molecule is CNCCCC1c2c[nH]c3c(=O)n(C)cc(c23)-c2cc(CS(C)(=O)=O)ccc2N1c1ccc(F)cc1F. The standard InChI is InChI=1S/C27H28F2N4O3S/c1-30-10-4-5-22-19-13-31-26-25(19)20(14-32(2)27(26)34)18-11-16(15-37(3,35)36)6-8-23(18)33(22)24-9-7-17(28)12-21(24)29/h6-9,11-14,22,30-31H,4-5,10,15H2,1-3H3. The number of nitrogens with zero attached hydrogens (tertiary/aromatic N) is 2. The highest BCUT2D eigenvalue weighted by Gasteiger charge is 2.34. The fraction of sp³-hybridized carbons (Fsp3) is 0.296. The number of hydrogen-bond donors (Lipinski definition) is 2. The number of hydrogen-bond acceptors (Lipinski definition) is 5. The van der Waals surface area contributed by atoms with E-state index in [0.717, 1.165) is 35.5 Å². The van der Waals surface area contributed by atoms with Crippen molar-refractivity contribution in [2.24, 2.45) is 7.05 Å². The maximum Gasteiger partial charge on any atom is 0.274 e. The Morgan fingerprint density at radius 1 is 1.08 bits per heavy atom. The van der Waals surface area contributed by atoms with Crippen LogP contribution < -0.4 is 15.8 Å². The molecule has 0 spiro atoms. The van der Waals surface area contributed by atoms with E-state index in [-0.39, 0.29) is 23.0 Å². The molecule has 7 nitrogen and oxygen atoms in total. The van der Waals surface area contributed by atoms with Gasteiger partial charge >= 0.3 is 0 Å². The maximum atomic E-state index is 15.4. The number of aromatic nitrogens is 2. The molecule has 3 heterocycles. The molecule has 4 aromatic rings. The molecule has 2 aromatic carbocycles. The largest absolute Gasteiger partial charge is 0.356 e. The Morgan fingerprint density at radius 3 is 2.54 bits per heavy atom. The van der Waals surface area contributed by atoms with Crippen molar-refractivity contribution >= 4 is 32.1 Å². The van der Waals surface area contributed by atoms with E-state index in [2.05, 4.69) is 10.3 Å². The molecule has 1 unspecified atom stereocenters. The maximum absolute atomic E-state index is 15.4. The molecular weight excluding hydrogens is 498 g/mol. The van der Waals surface area contributed by atoms with Crippen molar-refractivity contribution in [3.8, 4) is 11.1 Å². The van der Waals surface area contributed by atoms with Crippen LogP contribution in [0, 0.1) is 11.6 Å². The topological polar surface area (TPSA) is 87.2 Å². The average Bonchev–Trinajstić information content (AvgIpc) is 3.22. The molecule has 2 aromatic heterocycles. The van der Waals surface area contributed by atoms with Gasteiger partial charge in [-0.05, 0) is 56.3 Å². The van der Waals surface area contributed by atoms with E-state index in [4.69, 9.17) is 0 Å². The van der Waals surface area contributed by atoms with Gasteiger partial charge in [0.25, 0.3) is 5.56 Å². The fourth-order valence-corrected chi connectivity index (χ4v) is 6.08. The summed E-state index contributed by atoms with van der Waals surface area (Å²) in [7, 11) is 0.200. The van der Waals surface area contributed by atoms with Gasteiger partial charge in [0.2, 0.25) is 0 Å². The van der Waals surface area contributed by atoms with Gasteiger partial charge in [-0.1, -0.05) is 6.07 Å². The Bertz CT molecular complexity index is 1680. The monoisotopic (exact) mass is 526 g/mol. The van der Waals surface area contributed by atoms with Crippen LogP contribution in [0.3, 0.4) is 0 Å². The molecule has 0 saturated heterocycles. The van der Waals surface area contributed by atoms with Crippen LogP contribution in [0.1, 0.15) is 30.0 Å². The third kappa shape index (κ3) is 4.55. The predicted molar refractivity (Wildman–Crippen MR) is 142 cm³/mol. The van der Waals surface area contributed by atoms with Crippen LogP contribution in [0.2, 0.25) is 0 Å². The molecule has 0 amide bonds. The summed E-state index contributed by atoms with van der Waals surface area (Å²) in [6.07, 6.45) is 6.07. The Morgan fingerprint density at radius 2 is 1.84 bits per heavy atom. The molecule has 5 rings (SSSR count). The summed E-state index contributed by atoms with van der Waals surface area (Å²) in [5.74, 6) is -1.55. The molecule has 10 heteroatoms. The Kier molecular flexibility index (Phi) is 6.41. The van der Waals surface area contributed by atoms with Crippen LogP contribution >= 0.6 is 0 Å². The number of fused-ring (bicyclic) bond motifs is 2. The van der Waals surface area contributed by atoms with Crippen molar-refractivity contribution in [2.45, 2.75) is 24.6 Å². The molecule has 1 aliphatic rings. The quantitative estimate of drug-likeness (QED) is 0.345. The van der Waals surface area contributed by atoms with Crippen LogP contribution in [0.4, 0.5) is 20.2 Å². The summed E-state index contributed by atoms with van der Waals surface area (Å²) in [5.41, 5.74) is 3.88. The minimum Gasteiger partial charge on any atom is -0.356 e. The fourth-order valence-electron chi connectivity index (χ4n) is 5.30. The van der Waals surface area contributed by atoms with Crippen LogP contribution in [0.15, 0.2) is 53.6 Å². The smallest absolute Gasteiger partial charge is 0.274 e. The van der Waals surface area contributed by atoms with E-state index >= 15 is 4.39 Å². The second-order valence-electron chi connectivity index (χ2n) is 9.60. The van der Waals surface area contributed by atoms with Gasteiger partial charge in [0.1, 0.15) is 17.2 Å². The van der Waals surface area contributed by atoms with E-state index in [1.165, 1.54) is 23.0 Å². The molecule has 1 atom stereocenters. The predicted octanol–water partition coefficient (Wildman–Crippen LogP) is 4.55. The number of rotatable bonds is 7. The Balaban J connectivity index is 1.87. The van der Waals surface area contributed by atoms with Crippen LogP contribution in [-0.4, -0.2) is 37.8 Å². The number of H-pyrrole nitrogens is 1. The van der Waals surface area contributed by atoms with Crippen molar-refractivity contribution in [3.63, 3.8) is 0 Å². The zero-order chi connectivity index (χ0) is 26.5. The molecular formula is C27H28F2N4O3S. The van der Waals surface area contributed by atoms with E-state index in [9.17, 15) is 17.6 Å². The Hall–Kier alpha value is -3.50. The van der Waals surface area contributed by atoms with E-state index in [1.54, 1.807) is 37.6 Å². The first-order chi connectivity index (χ1) is 17.6. The summed E-state index contributed by atoms with van der Waals surface area (Å²) < 4.78 is 54.9. The van der Waals surface area contributed by atoms with E-state index < -0.39 is 21.5 Å². The minimum atomic E-state index is -3.32. The number of anilines is 2. The number of benzene rings is 2. The van der Waals surface area contributed by atoms with Gasteiger partial charge in [0.05, 0.1) is 17.5 Å². The summed E-state index contributed by atoms with van der Waals surface area (Å²) in [6.45, 7) is 0.730. The average molecular weight is 527 g/mol. The number of aromatic amines is 1. The highest BCUT2D eigenvalue weighted by atomic mass is 32.2. The lowest BCUT2D eigenvalue weighted by atomic mass is 9.97. The van der Waals surface area contributed by atoms with Gasteiger partial charge in [0, 0.05) is 59.5 Å². The van der Waals surface area contributed by atoms with Crippen LogP contribution in [0.5, 0.6) is 0 Å². The van der Waals surface area contributed by atoms with Crippen molar-refractivity contribution in [1.82, 2.24) is 14.9 Å². The van der Waals surface area contributed by atoms with Gasteiger partial charge in [-0.3, -0.25) is 4.79 Å². The summed E-state index contributed by atoms with van der Waals surface area (Å²) >= 11 is 0. The summed E-state index contributed by atoms with van der Waals surface area (Å²) in [6, 6.07) is 8.42. The highest BCUT2D eigenvalue weighted by molar-refractivity contribution is 7.89. The van der Waals surface area contributed by atoms with Gasteiger partial charge in [-0.25, -0.2) is 17.2 Å². The zero-order valence-electron chi connectivity index (χ0n) is 20.8. The number of sulfone groups is 1. The lowest BCUT2D eigenvalue weighted by molar-refractivity contribution is 0.556. The molecule has 0 aliphatic carbocycles. The third-order valence-electron chi connectivity index (χ3n) is 6.82. The van der Waals surface area contributed by atoms with E-state index in [0.29, 0.717) is 28.8 Å². The Labute approximate surface area is 213 Å². The molecule has 0 saturated carbocycles. The molecule has 0 bridgehead atoms. The first-order valence-corrected chi connectivity index (χ1v) is 14.1. The van der Waals surface area contributed by atoms with Gasteiger partial charge in [-0.15, -0.1) is 0 Å². The lowest BCUT2D eigenvalue weighted by Crippen LogP contribution is -2.25. The molecule has 1 aliphatic heterocycles. The normalized spacial score (nSPS) is 15.2. The summed E-state index contributed by atoms with van der Waals surface area (Å²) in [4.78, 5) is 18.0. The second-order valence-corrected chi connectivity index (χ2v) is 11.7. The molecule has 2 N–H and O–H groups in total. The number of aryl methyl sites for hydroxylation is 1. The molecule has 0 fully saturated rings. The van der Waals surface area contributed by atoms with Crippen molar-refractivity contribution < 1.29 is 17.2 Å². The minimum absolute atomic E-state index is 0.161. The first-order valence-electron chi connectivity index (χ1n) is 12.0. The molecule has 0 radical (unpaired) electrons. The third-order valence-corrected chi connectivity index (χ3v) is 7.68. The van der Waals surface area contributed by atoms with Gasteiger partial charge < -0.3 is 19.8 Å². The second kappa shape index (κ2) is 9.42. The van der Waals surface area contributed by atoms with Crippen molar-refractivity contribution in [1.29, 1.82) is 0 Å². The molecule has 194 valence electrons. The summed E-state index contributed by atoms with van der Waals surface area (Å²) in [5, 5.41) is 3.86. The van der Waals surface area contributed by atoms with Crippen LogP contribution in [0.25, 0.3) is 22.0 Å². The molecule has 37 heavy (non-hydrogen) atoms. The first kappa shape index (κ1) is 25.2. The van der Waals surface area contributed by atoms with Crippen molar-refractivity contribution in [2.75, 3.05) is 24.7 Å². The number of pyridine rings is 1. The van der Waals surface area contributed by atoms with Gasteiger partial charge in [0.15, 0.2) is 9.84 Å². The van der Waals surface area contributed by atoms with Gasteiger partial charge in [-0.2, -0.15) is 0 Å². The number of nitrogens with one attached hydrogen (secondary N) is 2.